The number of halogens is 1. The molecule has 2 heterocycles. The summed E-state index contributed by atoms with van der Waals surface area (Å²) in [7, 11) is 3.14. The molecule has 1 amide bonds. The number of nitrogens with zero attached hydrogens (tertiary/aromatic N) is 3. The van der Waals surface area contributed by atoms with Gasteiger partial charge in [0.2, 0.25) is 0 Å². The first-order chi connectivity index (χ1) is 13.8. The van der Waals surface area contributed by atoms with Crippen molar-refractivity contribution in [2.45, 2.75) is 26.8 Å². The van der Waals surface area contributed by atoms with Gasteiger partial charge in [-0.15, -0.1) is 0 Å². The van der Waals surface area contributed by atoms with E-state index in [4.69, 9.17) is 21.1 Å². The Kier molecular flexibility index (Phi) is 6.08. The lowest BCUT2D eigenvalue weighted by Gasteiger charge is -2.17. The van der Waals surface area contributed by atoms with Gasteiger partial charge >= 0.3 is 0 Å². The second-order valence-electron chi connectivity index (χ2n) is 6.65. The molecule has 0 aliphatic carbocycles. The number of rotatable bonds is 6. The van der Waals surface area contributed by atoms with Crippen molar-refractivity contribution in [3.8, 4) is 17.3 Å². The molecule has 152 valence electrons. The molecule has 0 aliphatic heterocycles. The summed E-state index contributed by atoms with van der Waals surface area (Å²) in [6.45, 7) is 5.70. The van der Waals surface area contributed by atoms with Crippen molar-refractivity contribution in [1.82, 2.24) is 20.1 Å². The third-order valence-electron chi connectivity index (χ3n) is 4.53. The van der Waals surface area contributed by atoms with Crippen LogP contribution in [0, 0.1) is 13.8 Å². The molecule has 2 aromatic heterocycles. The van der Waals surface area contributed by atoms with Crippen LogP contribution in [0.5, 0.6) is 11.5 Å². The van der Waals surface area contributed by atoms with E-state index in [1.54, 1.807) is 37.1 Å². The molecule has 0 radical (unpaired) electrons. The smallest absolute Gasteiger partial charge is 0.271 e. The van der Waals surface area contributed by atoms with Crippen molar-refractivity contribution < 1.29 is 14.3 Å². The lowest BCUT2D eigenvalue weighted by molar-refractivity contribution is 0.0935. The molecule has 29 heavy (non-hydrogen) atoms. The van der Waals surface area contributed by atoms with Crippen molar-refractivity contribution in [3.05, 3.63) is 64.1 Å². The number of pyridine rings is 1. The quantitative estimate of drug-likeness (QED) is 0.658. The Bertz CT molecular complexity index is 1050. The molecule has 3 aromatic rings. The van der Waals surface area contributed by atoms with E-state index >= 15 is 0 Å². The number of hydrogen-bond donors (Lipinski definition) is 1. The number of nitrogens with one attached hydrogen (secondary N) is 1. The molecule has 8 heteroatoms. The van der Waals surface area contributed by atoms with Crippen molar-refractivity contribution in [2.75, 3.05) is 14.2 Å². The SMILES string of the molecule is COc1ccc(C(C)NC(=O)c2nc(-n3nc(C)cc3C)ccc2Cl)cc1OC. The Balaban J connectivity index is 1.85. The predicted octanol–water partition coefficient (Wildman–Crippen LogP) is 4.05. The molecular weight excluding hydrogens is 392 g/mol. The predicted molar refractivity (Wildman–Crippen MR) is 111 cm³/mol. The fourth-order valence-corrected chi connectivity index (χ4v) is 3.23. The van der Waals surface area contributed by atoms with Gasteiger partial charge in [0, 0.05) is 5.69 Å². The van der Waals surface area contributed by atoms with Crippen LogP contribution in [0.15, 0.2) is 36.4 Å². The third kappa shape index (κ3) is 4.35. The van der Waals surface area contributed by atoms with Gasteiger partial charge in [-0.05, 0) is 56.7 Å². The molecule has 7 nitrogen and oxygen atoms in total. The number of aromatic nitrogens is 3. The molecule has 1 N–H and O–H groups in total. The van der Waals surface area contributed by atoms with Crippen molar-refractivity contribution in [3.63, 3.8) is 0 Å². The molecule has 1 aromatic carbocycles. The van der Waals surface area contributed by atoms with E-state index in [9.17, 15) is 4.79 Å². The Labute approximate surface area is 174 Å². The first-order valence-corrected chi connectivity index (χ1v) is 9.44. The van der Waals surface area contributed by atoms with Gasteiger partial charge in [-0.25, -0.2) is 9.67 Å². The van der Waals surface area contributed by atoms with Crippen LogP contribution in [0.3, 0.4) is 0 Å². The second kappa shape index (κ2) is 8.53. The van der Waals surface area contributed by atoms with E-state index in [1.807, 2.05) is 39.0 Å². The summed E-state index contributed by atoms with van der Waals surface area (Å²) in [6, 6.07) is 10.5. The molecule has 0 bridgehead atoms. The highest BCUT2D eigenvalue weighted by atomic mass is 35.5. The fraction of sp³-hybridized carbons (Fsp3) is 0.286. The van der Waals surface area contributed by atoms with Gasteiger partial charge in [-0.3, -0.25) is 4.79 Å². The minimum atomic E-state index is -0.374. The minimum absolute atomic E-state index is 0.143. The highest BCUT2D eigenvalue weighted by Crippen LogP contribution is 2.30. The van der Waals surface area contributed by atoms with E-state index < -0.39 is 0 Å². The number of hydrogen-bond acceptors (Lipinski definition) is 5. The summed E-state index contributed by atoms with van der Waals surface area (Å²) in [5, 5.41) is 7.61. The van der Waals surface area contributed by atoms with Gasteiger partial charge in [-0.1, -0.05) is 17.7 Å². The summed E-state index contributed by atoms with van der Waals surface area (Å²) < 4.78 is 12.3. The monoisotopic (exact) mass is 414 g/mol. The number of carbonyl (C=O) groups excluding carboxylic acids is 1. The summed E-state index contributed by atoms with van der Waals surface area (Å²) in [4.78, 5) is 17.3. The average Bonchev–Trinajstić information content (AvgIpc) is 3.05. The molecule has 0 aliphatic rings. The number of carbonyl (C=O) groups is 1. The van der Waals surface area contributed by atoms with E-state index in [2.05, 4.69) is 15.4 Å². The fourth-order valence-electron chi connectivity index (χ4n) is 3.04. The van der Waals surface area contributed by atoms with E-state index in [1.165, 1.54) is 0 Å². The molecule has 0 fully saturated rings. The van der Waals surface area contributed by atoms with Gasteiger partial charge in [0.05, 0.1) is 31.0 Å². The van der Waals surface area contributed by atoms with Gasteiger partial charge in [0.1, 0.15) is 5.69 Å². The van der Waals surface area contributed by atoms with Gasteiger partial charge in [0.25, 0.3) is 5.91 Å². The van der Waals surface area contributed by atoms with Crippen LogP contribution in [-0.4, -0.2) is 34.9 Å². The maximum absolute atomic E-state index is 12.9. The van der Waals surface area contributed by atoms with Crippen LogP contribution in [0.1, 0.15) is 40.4 Å². The van der Waals surface area contributed by atoms with E-state index in [0.717, 1.165) is 17.0 Å². The number of ether oxygens (including phenoxy) is 2. The van der Waals surface area contributed by atoms with Crippen LogP contribution in [0.4, 0.5) is 0 Å². The number of benzene rings is 1. The molecule has 3 rings (SSSR count). The van der Waals surface area contributed by atoms with Crippen molar-refractivity contribution in [2.24, 2.45) is 0 Å². The van der Waals surface area contributed by atoms with Crippen LogP contribution >= 0.6 is 11.6 Å². The summed E-state index contributed by atoms with van der Waals surface area (Å²) >= 11 is 6.25. The summed E-state index contributed by atoms with van der Waals surface area (Å²) in [5.41, 5.74) is 2.79. The summed E-state index contributed by atoms with van der Waals surface area (Å²) in [6.07, 6.45) is 0. The van der Waals surface area contributed by atoms with Crippen LogP contribution in [0.25, 0.3) is 5.82 Å². The zero-order valence-electron chi connectivity index (χ0n) is 17.0. The molecule has 1 unspecified atom stereocenters. The van der Waals surface area contributed by atoms with E-state index in [-0.39, 0.29) is 22.7 Å². The molecule has 0 spiro atoms. The lowest BCUT2D eigenvalue weighted by atomic mass is 10.1. The van der Waals surface area contributed by atoms with Crippen molar-refractivity contribution in [1.29, 1.82) is 0 Å². The Morgan fingerprint density at radius 1 is 1.10 bits per heavy atom. The number of amides is 1. The van der Waals surface area contributed by atoms with Crippen molar-refractivity contribution >= 4 is 17.5 Å². The number of aryl methyl sites for hydroxylation is 2. The first-order valence-electron chi connectivity index (χ1n) is 9.07. The first kappa shape index (κ1) is 20.7. The van der Waals surface area contributed by atoms with Gasteiger partial charge in [0.15, 0.2) is 17.3 Å². The normalized spacial score (nSPS) is 11.8. The molecule has 1 atom stereocenters. The highest BCUT2D eigenvalue weighted by Gasteiger charge is 2.19. The molecule has 0 saturated carbocycles. The lowest BCUT2D eigenvalue weighted by Crippen LogP contribution is -2.28. The third-order valence-corrected chi connectivity index (χ3v) is 4.83. The standard InChI is InChI=1S/C21H23ClN4O3/c1-12-10-13(2)26(25-12)19-9-7-16(22)20(24-19)21(27)23-14(3)15-6-8-17(28-4)18(11-15)29-5/h6-11,14H,1-5H3,(H,23,27). The minimum Gasteiger partial charge on any atom is -0.493 e. The zero-order valence-corrected chi connectivity index (χ0v) is 17.7. The molecular formula is C21H23ClN4O3. The van der Waals surface area contributed by atoms with Gasteiger partial charge < -0.3 is 14.8 Å². The van der Waals surface area contributed by atoms with Crippen LogP contribution in [-0.2, 0) is 0 Å². The Morgan fingerprint density at radius 3 is 2.45 bits per heavy atom. The Morgan fingerprint density at radius 2 is 1.83 bits per heavy atom. The van der Waals surface area contributed by atoms with E-state index in [0.29, 0.717) is 17.3 Å². The molecule has 0 saturated heterocycles. The van der Waals surface area contributed by atoms with Crippen LogP contribution < -0.4 is 14.8 Å². The zero-order chi connectivity index (χ0) is 21.1. The average molecular weight is 415 g/mol. The maximum atomic E-state index is 12.9. The highest BCUT2D eigenvalue weighted by molar-refractivity contribution is 6.33. The van der Waals surface area contributed by atoms with Crippen LogP contribution in [0.2, 0.25) is 5.02 Å². The van der Waals surface area contributed by atoms with Gasteiger partial charge in [-0.2, -0.15) is 5.10 Å². The largest absolute Gasteiger partial charge is 0.493 e. The summed E-state index contributed by atoms with van der Waals surface area (Å²) in [5.74, 6) is 1.37. The topological polar surface area (TPSA) is 78.3 Å². The Hall–Kier alpha value is -3.06. The number of methoxy groups -OCH3 is 2. The maximum Gasteiger partial charge on any atom is 0.271 e. The second-order valence-corrected chi connectivity index (χ2v) is 7.06.